The van der Waals surface area contributed by atoms with Crippen molar-refractivity contribution in [3.63, 3.8) is 0 Å². The van der Waals surface area contributed by atoms with Crippen molar-refractivity contribution >= 4 is 35.8 Å². The van der Waals surface area contributed by atoms with Crippen molar-refractivity contribution in [3.8, 4) is 0 Å². The highest BCUT2D eigenvalue weighted by Crippen LogP contribution is 2.33. The lowest BCUT2D eigenvalue weighted by molar-refractivity contribution is -0.338. The first-order chi connectivity index (χ1) is 18.7. The molecule has 226 valence electrons. The molecule has 0 aromatic carbocycles. The van der Waals surface area contributed by atoms with Crippen molar-refractivity contribution in [2.75, 3.05) is 13.2 Å². The van der Waals surface area contributed by atoms with Crippen LogP contribution in [0, 0.1) is 0 Å². The lowest BCUT2D eigenvalue weighted by Gasteiger charge is -2.46. The van der Waals surface area contributed by atoms with Crippen LogP contribution in [0.1, 0.15) is 48.0 Å². The van der Waals surface area contributed by atoms with Crippen LogP contribution in [0.5, 0.6) is 0 Å². The average Bonchev–Trinajstić information content (AvgIpc) is 2.81. The first kappa shape index (κ1) is 32.9. The first-order valence-corrected chi connectivity index (χ1v) is 12.3. The van der Waals surface area contributed by atoms with Gasteiger partial charge in [-0.2, -0.15) is 0 Å². The van der Waals surface area contributed by atoms with E-state index in [4.69, 9.17) is 42.6 Å². The molecule has 16 nitrogen and oxygen atoms in total. The van der Waals surface area contributed by atoms with Gasteiger partial charge in [-0.25, -0.2) is 0 Å². The van der Waals surface area contributed by atoms with E-state index in [1.54, 1.807) is 0 Å². The fraction of sp³-hybridized carbons (Fsp3) is 0.750. The van der Waals surface area contributed by atoms with Crippen LogP contribution in [0.2, 0.25) is 0 Å². The summed E-state index contributed by atoms with van der Waals surface area (Å²) in [5.74, 6) is -4.49. The molecule has 0 aliphatic carbocycles. The molecule has 2 saturated heterocycles. The highest BCUT2D eigenvalue weighted by molar-refractivity contribution is 5.68. The molecule has 1 N–H and O–H groups in total. The topological polar surface area (TPSA) is 206 Å². The molecule has 2 fully saturated rings. The molecule has 16 heteroatoms. The summed E-state index contributed by atoms with van der Waals surface area (Å²) in [6, 6.07) is 0. The lowest BCUT2D eigenvalue weighted by Crippen LogP contribution is -2.63. The molecule has 0 bridgehead atoms. The number of aliphatic hydroxyl groups is 1. The van der Waals surface area contributed by atoms with Gasteiger partial charge in [0.25, 0.3) is 0 Å². The number of ether oxygens (including phenoxy) is 9. The number of carbonyl (C=O) groups excluding carboxylic acids is 6. The molecular weight excluding hydrogens is 544 g/mol. The molecule has 2 rings (SSSR count). The maximum atomic E-state index is 12.0. The Bertz CT molecular complexity index is 949. The fourth-order valence-electron chi connectivity index (χ4n) is 4.20. The molecule has 2 heterocycles. The van der Waals surface area contributed by atoms with Crippen molar-refractivity contribution in [1.29, 1.82) is 0 Å². The molecule has 2 aliphatic rings. The Hall–Kier alpha value is -3.34. The van der Waals surface area contributed by atoms with Gasteiger partial charge in [0.1, 0.15) is 37.6 Å². The Kier molecular flexibility index (Phi) is 12.2. The summed E-state index contributed by atoms with van der Waals surface area (Å²) in [4.78, 5) is 70.3. The van der Waals surface area contributed by atoms with Crippen molar-refractivity contribution in [3.05, 3.63) is 0 Å². The first-order valence-electron chi connectivity index (χ1n) is 12.3. The van der Waals surface area contributed by atoms with Crippen LogP contribution in [0.3, 0.4) is 0 Å². The molecular formula is C24H34O16. The maximum absolute atomic E-state index is 12.0. The summed E-state index contributed by atoms with van der Waals surface area (Å²) >= 11 is 0. The van der Waals surface area contributed by atoms with E-state index in [2.05, 4.69) is 0 Å². The van der Waals surface area contributed by atoms with E-state index in [0.717, 1.165) is 41.5 Å². The van der Waals surface area contributed by atoms with Gasteiger partial charge < -0.3 is 47.7 Å². The monoisotopic (exact) mass is 578 g/mol. The second kappa shape index (κ2) is 14.9. The maximum Gasteiger partial charge on any atom is 0.303 e. The van der Waals surface area contributed by atoms with E-state index >= 15 is 0 Å². The minimum absolute atomic E-state index is 0.238. The molecule has 0 amide bonds. The zero-order valence-corrected chi connectivity index (χ0v) is 22.9. The standard InChI is InChI=1S/C24H34O16/c1-10(25)32-8-17-20(35-13(4)28)16(34-12(3)27)7-19(38-17)40-21-18(9-33-11(2)26)39-24(31)23(37-15(6)30)22(21)36-14(5)29/h16-24,31H,7-9H2,1-6H3. The minimum Gasteiger partial charge on any atom is -0.463 e. The SMILES string of the molecule is CC(=O)OCC1OC(OC2C(COC(C)=O)OC(O)C(OC(C)=O)C2OC(C)=O)CC(OC(C)=O)C1OC(C)=O. The predicted molar refractivity (Wildman–Crippen MR) is 125 cm³/mol. The van der Waals surface area contributed by atoms with Crippen LogP contribution in [0.4, 0.5) is 0 Å². The Morgan fingerprint density at radius 2 is 1.05 bits per heavy atom. The largest absolute Gasteiger partial charge is 0.463 e. The Morgan fingerprint density at radius 3 is 1.52 bits per heavy atom. The average molecular weight is 579 g/mol. The van der Waals surface area contributed by atoms with E-state index in [-0.39, 0.29) is 6.42 Å². The summed E-state index contributed by atoms with van der Waals surface area (Å²) in [6.45, 7) is 5.74. The van der Waals surface area contributed by atoms with Crippen molar-refractivity contribution < 1.29 is 76.5 Å². The van der Waals surface area contributed by atoms with E-state index in [9.17, 15) is 33.9 Å². The summed E-state index contributed by atoms with van der Waals surface area (Å²) in [5, 5.41) is 10.5. The third kappa shape index (κ3) is 10.0. The van der Waals surface area contributed by atoms with Gasteiger partial charge in [0.2, 0.25) is 0 Å². The van der Waals surface area contributed by atoms with Crippen molar-refractivity contribution in [2.24, 2.45) is 0 Å². The summed E-state index contributed by atoms with van der Waals surface area (Å²) in [5.41, 5.74) is 0. The highest BCUT2D eigenvalue weighted by atomic mass is 16.7. The molecule has 0 aromatic heterocycles. The molecule has 0 radical (unpaired) electrons. The lowest BCUT2D eigenvalue weighted by atomic mass is 9.97. The molecule has 2 aliphatic heterocycles. The number of rotatable bonds is 10. The molecule has 0 aromatic rings. The quantitative estimate of drug-likeness (QED) is 0.245. The summed E-state index contributed by atoms with van der Waals surface area (Å²) in [6.07, 6.45) is -12.6. The number of carbonyl (C=O) groups is 6. The Balaban J connectivity index is 2.45. The highest BCUT2D eigenvalue weighted by Gasteiger charge is 2.53. The van der Waals surface area contributed by atoms with Crippen LogP contribution in [0.15, 0.2) is 0 Å². The van der Waals surface area contributed by atoms with Crippen molar-refractivity contribution in [1.82, 2.24) is 0 Å². The van der Waals surface area contributed by atoms with Gasteiger partial charge in [-0.3, -0.25) is 28.8 Å². The van der Waals surface area contributed by atoms with Crippen molar-refractivity contribution in [2.45, 2.75) is 103 Å². The van der Waals surface area contributed by atoms with Crippen LogP contribution in [-0.4, -0.2) is 109 Å². The summed E-state index contributed by atoms with van der Waals surface area (Å²) in [7, 11) is 0. The smallest absolute Gasteiger partial charge is 0.303 e. The number of aliphatic hydroxyl groups excluding tert-OH is 1. The van der Waals surface area contributed by atoms with E-state index in [1.807, 2.05) is 0 Å². The zero-order chi connectivity index (χ0) is 30.1. The van der Waals surface area contributed by atoms with Gasteiger partial charge in [-0.1, -0.05) is 0 Å². The third-order valence-electron chi connectivity index (χ3n) is 5.53. The normalized spacial score (nSPS) is 31.7. The molecule has 40 heavy (non-hydrogen) atoms. The number of hydrogen-bond acceptors (Lipinski definition) is 16. The predicted octanol–water partition coefficient (Wildman–Crippen LogP) is -0.943. The fourth-order valence-corrected chi connectivity index (χ4v) is 4.20. The van der Waals surface area contributed by atoms with E-state index in [0.29, 0.717) is 0 Å². The molecule has 9 unspecified atom stereocenters. The minimum atomic E-state index is -1.81. The second-order valence-electron chi connectivity index (χ2n) is 8.98. The van der Waals surface area contributed by atoms with E-state index < -0.39 is 104 Å². The number of esters is 6. The van der Waals surface area contributed by atoms with Gasteiger partial charge >= 0.3 is 35.8 Å². The van der Waals surface area contributed by atoms with Gasteiger partial charge in [0.15, 0.2) is 30.9 Å². The third-order valence-corrected chi connectivity index (χ3v) is 5.53. The van der Waals surface area contributed by atoms with Gasteiger partial charge in [-0.15, -0.1) is 0 Å². The van der Waals surface area contributed by atoms with E-state index in [1.165, 1.54) is 0 Å². The van der Waals surface area contributed by atoms with Crippen LogP contribution in [0.25, 0.3) is 0 Å². The zero-order valence-electron chi connectivity index (χ0n) is 22.9. The van der Waals surface area contributed by atoms with Crippen LogP contribution >= 0.6 is 0 Å². The van der Waals surface area contributed by atoms with Gasteiger partial charge in [0.05, 0.1) is 0 Å². The molecule has 9 atom stereocenters. The molecule has 0 saturated carbocycles. The molecule has 0 spiro atoms. The second-order valence-corrected chi connectivity index (χ2v) is 8.98. The van der Waals surface area contributed by atoms with Gasteiger partial charge in [-0.05, 0) is 0 Å². The Labute approximate surface area is 229 Å². The number of hydrogen-bond donors (Lipinski definition) is 1. The summed E-state index contributed by atoms with van der Waals surface area (Å²) < 4.78 is 48.6. The van der Waals surface area contributed by atoms with Crippen LogP contribution in [-0.2, 0) is 71.4 Å². The van der Waals surface area contributed by atoms with Gasteiger partial charge in [0, 0.05) is 48.0 Å². The Morgan fingerprint density at radius 1 is 0.600 bits per heavy atom. The van der Waals surface area contributed by atoms with Crippen LogP contribution < -0.4 is 0 Å².